The van der Waals surface area contributed by atoms with Crippen LogP contribution in [0, 0.1) is 17.6 Å². The molecule has 7 heteroatoms. The van der Waals surface area contributed by atoms with Gasteiger partial charge in [-0.25, -0.2) is 8.78 Å². The lowest BCUT2D eigenvalue weighted by Crippen LogP contribution is -2.37. The number of hydrogen-bond acceptors (Lipinski definition) is 3. The zero-order chi connectivity index (χ0) is 19.6. The first kappa shape index (κ1) is 19.5. The molecule has 0 bridgehead atoms. The highest BCUT2D eigenvalue weighted by atomic mass is 32.1. The van der Waals surface area contributed by atoms with E-state index < -0.39 is 23.2 Å². The fourth-order valence-corrected chi connectivity index (χ4v) is 4.44. The van der Waals surface area contributed by atoms with Crippen LogP contribution in [0.4, 0.5) is 14.5 Å². The number of hydrogen-bond donors (Lipinski definition) is 1. The highest BCUT2D eigenvalue weighted by Crippen LogP contribution is 2.32. The Morgan fingerprint density at radius 1 is 1.30 bits per heavy atom. The summed E-state index contributed by atoms with van der Waals surface area (Å²) in [5, 5.41) is 2.22. The maximum Gasteiger partial charge on any atom is 0.264 e. The van der Waals surface area contributed by atoms with Gasteiger partial charge in [-0.2, -0.15) is 0 Å². The molecule has 1 atom stereocenters. The molecule has 0 spiro atoms. The van der Waals surface area contributed by atoms with Crippen LogP contribution in [0.3, 0.4) is 0 Å². The van der Waals surface area contributed by atoms with E-state index in [4.69, 9.17) is 0 Å². The Morgan fingerprint density at radius 2 is 2.00 bits per heavy atom. The molecule has 4 nitrogen and oxygen atoms in total. The number of carbonyl (C=O) groups excluding carboxylic acids is 2. The molecule has 0 unspecified atom stereocenters. The van der Waals surface area contributed by atoms with Crippen molar-refractivity contribution in [3.63, 3.8) is 0 Å². The van der Waals surface area contributed by atoms with Gasteiger partial charge in [-0.1, -0.05) is 13.0 Å². The number of halogens is 2. The van der Waals surface area contributed by atoms with Crippen LogP contribution in [0.25, 0.3) is 0 Å². The molecule has 1 aliphatic rings. The van der Waals surface area contributed by atoms with E-state index in [0.29, 0.717) is 17.3 Å². The molecule has 2 aromatic rings. The fourth-order valence-electron chi connectivity index (χ4n) is 3.26. The minimum atomic E-state index is -0.849. The SMILES string of the molecule is CCN(CC(=O)Nc1c(F)cccc1F)C(=O)c1cc2c(s1)CC[C@@H](C)C2. The van der Waals surface area contributed by atoms with Crippen molar-refractivity contribution in [2.75, 3.05) is 18.4 Å². The van der Waals surface area contributed by atoms with E-state index in [1.807, 2.05) is 6.07 Å². The van der Waals surface area contributed by atoms with Crippen molar-refractivity contribution in [1.29, 1.82) is 0 Å². The summed E-state index contributed by atoms with van der Waals surface area (Å²) in [5.74, 6) is -1.95. The van der Waals surface area contributed by atoms with Crippen molar-refractivity contribution in [3.8, 4) is 0 Å². The molecule has 144 valence electrons. The second-order valence-electron chi connectivity index (χ2n) is 6.87. The second kappa shape index (κ2) is 8.17. The molecule has 0 fully saturated rings. The first-order chi connectivity index (χ1) is 12.9. The molecule has 3 rings (SSSR count). The summed E-state index contributed by atoms with van der Waals surface area (Å²) in [4.78, 5) is 28.3. The number of fused-ring (bicyclic) bond motifs is 1. The van der Waals surface area contributed by atoms with Gasteiger partial charge in [0.15, 0.2) is 0 Å². The van der Waals surface area contributed by atoms with E-state index in [0.717, 1.165) is 31.4 Å². The van der Waals surface area contributed by atoms with Gasteiger partial charge < -0.3 is 10.2 Å². The fraction of sp³-hybridized carbons (Fsp3) is 0.400. The van der Waals surface area contributed by atoms with Gasteiger partial charge in [0.25, 0.3) is 5.91 Å². The molecule has 27 heavy (non-hydrogen) atoms. The Labute approximate surface area is 161 Å². The quantitative estimate of drug-likeness (QED) is 0.827. The number of rotatable bonds is 5. The number of nitrogens with zero attached hydrogens (tertiary/aromatic N) is 1. The summed E-state index contributed by atoms with van der Waals surface area (Å²) in [6, 6.07) is 5.29. The Kier molecular flexibility index (Phi) is 5.89. The largest absolute Gasteiger partial charge is 0.329 e. The normalized spacial score (nSPS) is 15.9. The van der Waals surface area contributed by atoms with Crippen LogP contribution in [0.5, 0.6) is 0 Å². The molecular weight excluding hydrogens is 370 g/mol. The molecule has 1 N–H and O–H groups in total. The lowest BCUT2D eigenvalue weighted by molar-refractivity contribution is -0.116. The molecule has 0 saturated carbocycles. The van der Waals surface area contributed by atoms with Gasteiger partial charge in [0.05, 0.1) is 4.88 Å². The second-order valence-corrected chi connectivity index (χ2v) is 8.01. The van der Waals surface area contributed by atoms with Crippen molar-refractivity contribution in [2.24, 2.45) is 5.92 Å². The van der Waals surface area contributed by atoms with Gasteiger partial charge in [0.1, 0.15) is 23.9 Å². The van der Waals surface area contributed by atoms with E-state index in [9.17, 15) is 18.4 Å². The van der Waals surface area contributed by atoms with Crippen molar-refractivity contribution >= 4 is 28.8 Å². The standard InChI is InChI=1S/C20H22F2N2O2S/c1-3-24(11-18(25)23-19-14(21)5-4-6-15(19)22)20(26)17-10-13-9-12(2)7-8-16(13)27-17/h4-6,10,12H,3,7-9,11H2,1-2H3,(H,23,25)/t12-/m1/s1. The third-order valence-electron chi connectivity index (χ3n) is 4.77. The van der Waals surface area contributed by atoms with Crippen molar-refractivity contribution in [1.82, 2.24) is 4.90 Å². The third-order valence-corrected chi connectivity index (χ3v) is 6.00. The van der Waals surface area contributed by atoms with Gasteiger partial charge in [0.2, 0.25) is 5.91 Å². The van der Waals surface area contributed by atoms with Crippen molar-refractivity contribution < 1.29 is 18.4 Å². The third kappa shape index (κ3) is 4.35. The molecule has 2 amide bonds. The maximum absolute atomic E-state index is 13.7. The van der Waals surface area contributed by atoms with Crippen molar-refractivity contribution in [2.45, 2.75) is 33.1 Å². The average molecular weight is 392 g/mol. The molecule has 1 aliphatic carbocycles. The predicted octanol–water partition coefficient (Wildman–Crippen LogP) is 4.25. The first-order valence-electron chi connectivity index (χ1n) is 9.03. The maximum atomic E-state index is 13.7. The monoisotopic (exact) mass is 392 g/mol. The van der Waals surface area contributed by atoms with Crippen molar-refractivity contribution in [3.05, 3.63) is 51.2 Å². The number of para-hydroxylation sites is 1. The Bertz CT molecular complexity index is 845. The molecular formula is C20H22F2N2O2S. The number of likely N-dealkylation sites (N-methyl/N-ethyl adjacent to an activating group) is 1. The van der Waals surface area contributed by atoms with Gasteiger partial charge in [-0.05, 0) is 55.9 Å². The van der Waals surface area contributed by atoms with E-state index in [1.165, 1.54) is 32.7 Å². The predicted molar refractivity (Wildman–Crippen MR) is 102 cm³/mol. The number of thiophene rings is 1. The Morgan fingerprint density at radius 3 is 2.67 bits per heavy atom. The van der Waals surface area contributed by atoms with Gasteiger partial charge >= 0.3 is 0 Å². The van der Waals surface area contributed by atoms with Crippen LogP contribution >= 0.6 is 11.3 Å². The summed E-state index contributed by atoms with van der Waals surface area (Å²) < 4.78 is 27.4. The number of anilines is 1. The molecule has 1 aromatic heterocycles. The molecule has 0 radical (unpaired) electrons. The lowest BCUT2D eigenvalue weighted by Gasteiger charge is -2.19. The number of amides is 2. The zero-order valence-electron chi connectivity index (χ0n) is 15.4. The van der Waals surface area contributed by atoms with E-state index in [-0.39, 0.29) is 12.5 Å². The van der Waals surface area contributed by atoms with Gasteiger partial charge in [0, 0.05) is 11.4 Å². The highest BCUT2D eigenvalue weighted by Gasteiger charge is 2.24. The number of aryl methyl sites for hydroxylation is 1. The molecule has 0 saturated heterocycles. The summed E-state index contributed by atoms with van der Waals surface area (Å²) >= 11 is 1.48. The zero-order valence-corrected chi connectivity index (χ0v) is 16.2. The Hall–Kier alpha value is -2.28. The van der Waals surface area contributed by atoms with Crippen LogP contribution in [-0.2, 0) is 17.6 Å². The minimum absolute atomic E-state index is 0.228. The Balaban J connectivity index is 1.69. The average Bonchev–Trinajstić information content (AvgIpc) is 3.05. The van der Waals surface area contributed by atoms with Gasteiger partial charge in [-0.3, -0.25) is 9.59 Å². The molecule has 1 heterocycles. The summed E-state index contributed by atoms with van der Waals surface area (Å²) in [6.07, 6.45) is 3.07. The summed E-state index contributed by atoms with van der Waals surface area (Å²) in [7, 11) is 0. The van der Waals surface area contributed by atoms with E-state index in [1.54, 1.807) is 6.92 Å². The van der Waals surface area contributed by atoms with E-state index >= 15 is 0 Å². The lowest BCUT2D eigenvalue weighted by atomic mass is 9.90. The number of nitrogens with one attached hydrogen (secondary N) is 1. The first-order valence-corrected chi connectivity index (χ1v) is 9.85. The molecule has 0 aliphatic heterocycles. The van der Waals surface area contributed by atoms with Crippen LogP contribution in [0.1, 0.15) is 40.4 Å². The highest BCUT2D eigenvalue weighted by molar-refractivity contribution is 7.14. The topological polar surface area (TPSA) is 49.4 Å². The summed E-state index contributed by atoms with van der Waals surface area (Å²) in [5.41, 5.74) is 0.725. The van der Waals surface area contributed by atoms with Crippen LogP contribution in [0.2, 0.25) is 0 Å². The summed E-state index contributed by atoms with van der Waals surface area (Å²) in [6.45, 7) is 4.03. The number of carbonyl (C=O) groups is 2. The smallest absolute Gasteiger partial charge is 0.264 e. The van der Waals surface area contributed by atoms with E-state index in [2.05, 4.69) is 12.2 Å². The van der Waals surface area contributed by atoms with Gasteiger partial charge in [-0.15, -0.1) is 11.3 Å². The van der Waals surface area contributed by atoms with Crippen LogP contribution in [-0.4, -0.2) is 29.8 Å². The minimum Gasteiger partial charge on any atom is -0.329 e. The van der Waals surface area contributed by atoms with Crippen LogP contribution in [0.15, 0.2) is 24.3 Å². The van der Waals surface area contributed by atoms with Crippen LogP contribution < -0.4 is 5.32 Å². The molecule has 1 aromatic carbocycles. The number of benzene rings is 1.